The summed E-state index contributed by atoms with van der Waals surface area (Å²) in [5.41, 5.74) is 3.50. The van der Waals surface area contributed by atoms with Crippen molar-refractivity contribution >= 4 is 11.8 Å². The molecule has 1 aliphatic carbocycles. The molecular weight excluding hydrogens is 400 g/mol. The van der Waals surface area contributed by atoms with Gasteiger partial charge in [0.15, 0.2) is 0 Å². The highest BCUT2D eigenvalue weighted by Crippen LogP contribution is 2.28. The third kappa shape index (κ3) is 4.44. The number of carbonyl (C=O) groups excluding carboxylic acids is 2. The van der Waals surface area contributed by atoms with Crippen molar-refractivity contribution in [3.63, 3.8) is 0 Å². The van der Waals surface area contributed by atoms with Crippen LogP contribution in [0.2, 0.25) is 0 Å². The Hall–Kier alpha value is -3.41. The number of nitrogens with zero attached hydrogens (tertiary/aromatic N) is 3. The highest BCUT2D eigenvalue weighted by atomic mass is 16.2. The second-order valence-electron chi connectivity index (χ2n) is 8.82. The van der Waals surface area contributed by atoms with E-state index in [1.165, 1.54) is 12.8 Å². The molecule has 1 N–H and O–H groups in total. The first-order valence-electron chi connectivity index (χ1n) is 11.5. The molecule has 1 saturated carbocycles. The molecule has 3 aromatic rings. The number of piperidine rings is 1. The third-order valence-electron chi connectivity index (χ3n) is 6.39. The molecule has 2 aliphatic rings. The Bertz CT molecular complexity index is 1100. The number of carbonyl (C=O) groups is 2. The molecule has 5 rings (SSSR count). The molecule has 1 aromatic heterocycles. The standard InChI is InChI=1S/C26H28N4O2/c31-25(27-17-19-11-12-19)22-9-5-15-29(18-22)26(32)21-8-4-10-23(16-21)30-24(13-14-28-30)20-6-2-1-3-7-20/h1-4,6-8,10,13-14,16,19,22H,5,9,11-12,15,17-18H2,(H,27,31). The van der Waals surface area contributed by atoms with Crippen molar-refractivity contribution < 1.29 is 9.59 Å². The van der Waals surface area contributed by atoms with Gasteiger partial charge in [-0.15, -0.1) is 0 Å². The zero-order chi connectivity index (χ0) is 21.9. The van der Waals surface area contributed by atoms with E-state index in [1.807, 2.05) is 70.2 Å². The van der Waals surface area contributed by atoms with E-state index in [4.69, 9.17) is 0 Å². The van der Waals surface area contributed by atoms with Gasteiger partial charge in [0, 0.05) is 30.8 Å². The fourth-order valence-electron chi connectivity index (χ4n) is 4.38. The Morgan fingerprint density at radius 2 is 1.84 bits per heavy atom. The molecule has 6 nitrogen and oxygen atoms in total. The molecule has 2 fully saturated rings. The largest absolute Gasteiger partial charge is 0.356 e. The summed E-state index contributed by atoms with van der Waals surface area (Å²) in [6.07, 6.45) is 5.90. The van der Waals surface area contributed by atoms with Crippen molar-refractivity contribution in [1.82, 2.24) is 20.0 Å². The average Bonchev–Trinajstić information content (AvgIpc) is 3.56. The fourth-order valence-corrected chi connectivity index (χ4v) is 4.38. The van der Waals surface area contributed by atoms with Gasteiger partial charge in [0.05, 0.1) is 23.5 Å². The van der Waals surface area contributed by atoms with Gasteiger partial charge < -0.3 is 10.2 Å². The third-order valence-corrected chi connectivity index (χ3v) is 6.39. The molecule has 1 unspecified atom stereocenters. The lowest BCUT2D eigenvalue weighted by molar-refractivity contribution is -0.126. The number of nitrogens with one attached hydrogen (secondary N) is 1. The van der Waals surface area contributed by atoms with E-state index in [2.05, 4.69) is 10.4 Å². The number of aromatic nitrogens is 2. The molecule has 2 heterocycles. The van der Waals surface area contributed by atoms with Crippen LogP contribution >= 0.6 is 0 Å². The van der Waals surface area contributed by atoms with Crippen LogP contribution in [-0.2, 0) is 4.79 Å². The molecule has 164 valence electrons. The van der Waals surface area contributed by atoms with Gasteiger partial charge in [0.2, 0.25) is 5.91 Å². The molecule has 1 saturated heterocycles. The van der Waals surface area contributed by atoms with Crippen LogP contribution in [0.4, 0.5) is 0 Å². The number of likely N-dealkylation sites (tertiary alicyclic amines) is 1. The number of hydrogen-bond acceptors (Lipinski definition) is 3. The Morgan fingerprint density at radius 1 is 1.00 bits per heavy atom. The van der Waals surface area contributed by atoms with Crippen LogP contribution in [0.25, 0.3) is 16.9 Å². The first kappa shape index (κ1) is 20.5. The highest BCUT2D eigenvalue weighted by Gasteiger charge is 2.30. The van der Waals surface area contributed by atoms with E-state index in [0.29, 0.717) is 24.6 Å². The van der Waals surface area contributed by atoms with Crippen molar-refractivity contribution in [1.29, 1.82) is 0 Å². The van der Waals surface area contributed by atoms with E-state index in [9.17, 15) is 9.59 Å². The number of amides is 2. The summed E-state index contributed by atoms with van der Waals surface area (Å²) < 4.78 is 1.86. The van der Waals surface area contributed by atoms with Crippen molar-refractivity contribution in [3.05, 3.63) is 72.4 Å². The Morgan fingerprint density at radius 3 is 2.66 bits per heavy atom. The summed E-state index contributed by atoms with van der Waals surface area (Å²) in [6, 6.07) is 19.6. The normalized spacial score (nSPS) is 18.4. The zero-order valence-corrected chi connectivity index (χ0v) is 18.1. The van der Waals surface area contributed by atoms with E-state index >= 15 is 0 Å². The van der Waals surface area contributed by atoms with Gasteiger partial charge in [-0.05, 0) is 55.9 Å². The van der Waals surface area contributed by atoms with Gasteiger partial charge in [0.25, 0.3) is 5.91 Å². The van der Waals surface area contributed by atoms with Crippen LogP contribution < -0.4 is 5.32 Å². The lowest BCUT2D eigenvalue weighted by atomic mass is 9.96. The number of benzene rings is 2. The fraction of sp³-hybridized carbons (Fsp3) is 0.346. The van der Waals surface area contributed by atoms with E-state index in [1.54, 1.807) is 6.20 Å². The molecule has 2 aromatic carbocycles. The maximum atomic E-state index is 13.3. The highest BCUT2D eigenvalue weighted by molar-refractivity contribution is 5.95. The second kappa shape index (κ2) is 8.99. The zero-order valence-electron chi connectivity index (χ0n) is 18.1. The van der Waals surface area contributed by atoms with E-state index in [-0.39, 0.29) is 17.7 Å². The van der Waals surface area contributed by atoms with Gasteiger partial charge in [0.1, 0.15) is 0 Å². The summed E-state index contributed by atoms with van der Waals surface area (Å²) in [5.74, 6) is 0.601. The van der Waals surface area contributed by atoms with Gasteiger partial charge in [-0.3, -0.25) is 9.59 Å². The van der Waals surface area contributed by atoms with Gasteiger partial charge in [-0.2, -0.15) is 5.10 Å². The second-order valence-corrected chi connectivity index (χ2v) is 8.82. The maximum Gasteiger partial charge on any atom is 0.253 e. The van der Waals surface area contributed by atoms with Crippen molar-refractivity contribution in [2.75, 3.05) is 19.6 Å². The van der Waals surface area contributed by atoms with Gasteiger partial charge >= 0.3 is 0 Å². The molecule has 1 aliphatic heterocycles. The molecule has 1 atom stereocenters. The van der Waals surface area contributed by atoms with Gasteiger partial charge in [-0.1, -0.05) is 36.4 Å². The summed E-state index contributed by atoms with van der Waals surface area (Å²) >= 11 is 0. The minimum Gasteiger partial charge on any atom is -0.356 e. The minimum atomic E-state index is -0.120. The van der Waals surface area contributed by atoms with Crippen LogP contribution in [0.5, 0.6) is 0 Å². The summed E-state index contributed by atoms with van der Waals surface area (Å²) in [4.78, 5) is 27.7. The quantitative estimate of drug-likeness (QED) is 0.647. The number of hydrogen-bond donors (Lipinski definition) is 1. The van der Waals surface area contributed by atoms with Crippen LogP contribution in [-0.4, -0.2) is 46.1 Å². The summed E-state index contributed by atoms with van der Waals surface area (Å²) in [6.45, 7) is 1.95. The lowest BCUT2D eigenvalue weighted by Crippen LogP contribution is -2.45. The molecule has 0 radical (unpaired) electrons. The predicted molar refractivity (Wildman–Crippen MR) is 123 cm³/mol. The monoisotopic (exact) mass is 428 g/mol. The van der Waals surface area contributed by atoms with Crippen molar-refractivity contribution in [2.24, 2.45) is 11.8 Å². The predicted octanol–water partition coefficient (Wildman–Crippen LogP) is 3.92. The molecule has 0 bridgehead atoms. The minimum absolute atomic E-state index is 0.0278. The smallest absolute Gasteiger partial charge is 0.253 e. The molecule has 6 heteroatoms. The van der Waals surface area contributed by atoms with Crippen molar-refractivity contribution in [3.8, 4) is 16.9 Å². The number of rotatable bonds is 6. The van der Waals surface area contributed by atoms with Crippen LogP contribution in [0.1, 0.15) is 36.0 Å². The van der Waals surface area contributed by atoms with E-state index in [0.717, 1.165) is 36.3 Å². The van der Waals surface area contributed by atoms with Crippen LogP contribution in [0.15, 0.2) is 66.9 Å². The van der Waals surface area contributed by atoms with Gasteiger partial charge in [-0.25, -0.2) is 4.68 Å². The molecule has 0 spiro atoms. The first-order chi connectivity index (χ1) is 15.7. The van der Waals surface area contributed by atoms with Crippen LogP contribution in [0, 0.1) is 11.8 Å². The van der Waals surface area contributed by atoms with Crippen LogP contribution in [0.3, 0.4) is 0 Å². The SMILES string of the molecule is O=C(NCC1CC1)C1CCCN(C(=O)c2cccc(-n3nccc3-c3ccccc3)c2)C1. The summed E-state index contributed by atoms with van der Waals surface area (Å²) in [5, 5.41) is 7.56. The first-order valence-corrected chi connectivity index (χ1v) is 11.5. The Kier molecular flexibility index (Phi) is 5.75. The van der Waals surface area contributed by atoms with Crippen molar-refractivity contribution in [2.45, 2.75) is 25.7 Å². The summed E-state index contributed by atoms with van der Waals surface area (Å²) in [7, 11) is 0. The average molecular weight is 429 g/mol. The lowest BCUT2D eigenvalue weighted by Gasteiger charge is -2.32. The maximum absolute atomic E-state index is 13.3. The Balaban J connectivity index is 1.32. The Labute approximate surface area is 188 Å². The van der Waals surface area contributed by atoms with E-state index < -0.39 is 0 Å². The molecule has 32 heavy (non-hydrogen) atoms. The molecular formula is C26H28N4O2. The topological polar surface area (TPSA) is 67.2 Å². The molecule has 2 amide bonds.